The Balaban J connectivity index is 0.000000443. The molecule has 0 saturated carbocycles. The first-order valence-electron chi connectivity index (χ1n) is 6.15. The molecule has 0 saturated heterocycles. The predicted octanol–water partition coefficient (Wildman–Crippen LogP) is -0.464. The molecule has 0 aromatic heterocycles. The molecule has 0 heterocycles. The Morgan fingerprint density at radius 3 is 1.16 bits per heavy atom. The SMILES string of the molecule is O=C([O-])c1ccccc1[N+](=O)[O-].O=C([O-])c1ccccc1[N+](=O)[O-].[Sr+2]. The van der Waals surface area contributed by atoms with Gasteiger partial charge in [-0.15, -0.1) is 0 Å². The number of nitro benzene ring substituents is 2. The summed E-state index contributed by atoms with van der Waals surface area (Å²) in [5, 5.41) is 41.1. The van der Waals surface area contributed by atoms with E-state index in [-0.39, 0.29) is 45.5 Å². The molecule has 0 radical (unpaired) electrons. The average Bonchev–Trinajstić information content (AvgIpc) is 2.55. The summed E-state index contributed by atoms with van der Waals surface area (Å²) in [7, 11) is 0. The number of hydrogen-bond acceptors (Lipinski definition) is 8. The third-order valence-electron chi connectivity index (χ3n) is 2.64. The van der Waals surface area contributed by atoms with Crippen molar-refractivity contribution in [2.75, 3.05) is 0 Å². The minimum atomic E-state index is -1.54. The maximum atomic E-state index is 10.3. The van der Waals surface area contributed by atoms with Crippen LogP contribution in [0.3, 0.4) is 0 Å². The van der Waals surface area contributed by atoms with Crippen LogP contribution in [0.4, 0.5) is 11.4 Å². The molecule has 0 unspecified atom stereocenters. The van der Waals surface area contributed by atoms with Gasteiger partial charge in [-0.3, -0.25) is 20.2 Å². The standard InChI is InChI=1S/2C7H5NO4.Sr/c2*9-7(10)5-3-1-2-4-6(5)8(11)12;/h2*1-4H,(H,9,10);/q;;+2/p-2. The Hall–Kier alpha value is -2.34. The van der Waals surface area contributed by atoms with Gasteiger partial charge < -0.3 is 19.8 Å². The van der Waals surface area contributed by atoms with E-state index < -0.39 is 44.3 Å². The van der Waals surface area contributed by atoms with Crippen molar-refractivity contribution in [3.63, 3.8) is 0 Å². The second kappa shape index (κ2) is 10.5. The molecule has 2 aromatic carbocycles. The van der Waals surface area contributed by atoms with E-state index in [0.29, 0.717) is 0 Å². The van der Waals surface area contributed by atoms with Crippen LogP contribution < -0.4 is 10.2 Å². The van der Waals surface area contributed by atoms with Gasteiger partial charge in [0.2, 0.25) is 0 Å². The Bertz CT molecular complexity index is 675. The number of nitrogens with zero attached hydrogens (tertiary/aromatic N) is 2. The molecular formula is C14H8N2O8Sr. The van der Waals surface area contributed by atoms with Crippen molar-refractivity contribution in [1.82, 2.24) is 0 Å². The number of carboxylic acids is 2. The molecule has 2 rings (SSSR count). The number of hydrogen-bond donors (Lipinski definition) is 0. The minimum Gasteiger partial charge on any atom is -0.545 e. The first-order chi connectivity index (χ1) is 11.3. The van der Waals surface area contributed by atoms with Crippen LogP contribution in [0, 0.1) is 20.2 Å². The molecule has 0 aliphatic heterocycles. The first-order valence-corrected chi connectivity index (χ1v) is 6.15. The number of carbonyl (C=O) groups is 2. The van der Waals surface area contributed by atoms with Gasteiger partial charge in [-0.25, -0.2) is 0 Å². The predicted molar refractivity (Wildman–Crippen MR) is 80.6 cm³/mol. The van der Waals surface area contributed by atoms with Crippen molar-refractivity contribution >= 4 is 68.8 Å². The molecule has 0 amide bonds. The second-order valence-electron chi connectivity index (χ2n) is 4.12. The Morgan fingerprint density at radius 2 is 0.960 bits per heavy atom. The van der Waals surface area contributed by atoms with Gasteiger partial charge >= 0.3 is 45.5 Å². The van der Waals surface area contributed by atoms with Gasteiger partial charge in [0.25, 0.3) is 11.4 Å². The van der Waals surface area contributed by atoms with Crippen molar-refractivity contribution in [3.8, 4) is 0 Å². The minimum absolute atomic E-state index is 0. The molecule has 0 fully saturated rings. The van der Waals surface area contributed by atoms with Gasteiger partial charge in [0.1, 0.15) is 0 Å². The fraction of sp³-hybridized carbons (Fsp3) is 0. The van der Waals surface area contributed by atoms with Crippen molar-refractivity contribution < 1.29 is 29.6 Å². The van der Waals surface area contributed by atoms with Crippen LogP contribution in [0.15, 0.2) is 48.5 Å². The van der Waals surface area contributed by atoms with Crippen LogP contribution in [-0.4, -0.2) is 67.3 Å². The number of carbonyl (C=O) groups excluding carboxylic acids is 2. The van der Waals surface area contributed by atoms with Gasteiger partial charge in [-0.2, -0.15) is 0 Å². The summed E-state index contributed by atoms with van der Waals surface area (Å²) in [4.78, 5) is 39.6. The molecule has 0 atom stereocenters. The summed E-state index contributed by atoms with van der Waals surface area (Å²) < 4.78 is 0. The van der Waals surface area contributed by atoms with E-state index in [2.05, 4.69) is 0 Å². The van der Waals surface area contributed by atoms with Crippen LogP contribution in [0.1, 0.15) is 20.7 Å². The molecule has 2 aromatic rings. The van der Waals surface area contributed by atoms with E-state index in [1.54, 1.807) is 0 Å². The van der Waals surface area contributed by atoms with Gasteiger partial charge in [0, 0.05) is 12.1 Å². The summed E-state index contributed by atoms with van der Waals surface area (Å²) in [6.45, 7) is 0. The fourth-order valence-electron chi connectivity index (χ4n) is 1.61. The number of benzene rings is 2. The topological polar surface area (TPSA) is 167 Å². The Kier molecular flexibility index (Phi) is 9.53. The maximum absolute atomic E-state index is 10.3. The van der Waals surface area contributed by atoms with E-state index in [4.69, 9.17) is 0 Å². The molecule has 124 valence electrons. The third-order valence-corrected chi connectivity index (χ3v) is 2.64. The van der Waals surface area contributed by atoms with Crippen LogP contribution in [0.25, 0.3) is 0 Å². The van der Waals surface area contributed by atoms with Crippen molar-refractivity contribution in [2.45, 2.75) is 0 Å². The Labute approximate surface area is 177 Å². The van der Waals surface area contributed by atoms with E-state index in [9.17, 15) is 40.0 Å². The number of carboxylic acid groups (broad SMARTS) is 2. The van der Waals surface area contributed by atoms with E-state index >= 15 is 0 Å². The number of para-hydroxylation sites is 2. The van der Waals surface area contributed by atoms with E-state index in [0.717, 1.165) is 24.3 Å². The molecule has 10 nitrogen and oxygen atoms in total. The molecular weight excluding hydrogens is 412 g/mol. The zero-order chi connectivity index (χ0) is 18.3. The third kappa shape index (κ3) is 6.58. The van der Waals surface area contributed by atoms with E-state index in [1.165, 1.54) is 24.3 Å². The van der Waals surface area contributed by atoms with Crippen LogP contribution in [-0.2, 0) is 0 Å². The number of aromatic carboxylic acids is 2. The summed E-state index contributed by atoms with van der Waals surface area (Å²) in [5.41, 5.74) is -1.69. The summed E-state index contributed by atoms with van der Waals surface area (Å²) >= 11 is 0. The van der Waals surface area contributed by atoms with Crippen molar-refractivity contribution in [2.24, 2.45) is 0 Å². The van der Waals surface area contributed by atoms with Crippen LogP contribution in [0.5, 0.6) is 0 Å². The number of rotatable bonds is 4. The van der Waals surface area contributed by atoms with E-state index in [1.807, 2.05) is 0 Å². The zero-order valence-corrected chi connectivity index (χ0v) is 16.0. The normalized spacial score (nSPS) is 8.96. The fourth-order valence-corrected chi connectivity index (χ4v) is 1.61. The maximum Gasteiger partial charge on any atom is 2.00 e. The van der Waals surface area contributed by atoms with Crippen LogP contribution in [0.2, 0.25) is 0 Å². The molecule has 0 aliphatic rings. The van der Waals surface area contributed by atoms with Gasteiger partial charge in [0.15, 0.2) is 0 Å². The summed E-state index contributed by atoms with van der Waals surface area (Å²) in [6, 6.07) is 10.1. The Morgan fingerprint density at radius 1 is 0.680 bits per heavy atom. The molecule has 0 N–H and O–H groups in total. The molecule has 25 heavy (non-hydrogen) atoms. The average molecular weight is 420 g/mol. The van der Waals surface area contributed by atoms with Gasteiger partial charge in [-0.05, 0) is 12.1 Å². The summed E-state index contributed by atoms with van der Waals surface area (Å²) in [5.74, 6) is -3.08. The zero-order valence-electron chi connectivity index (χ0n) is 12.5. The number of nitro groups is 2. The van der Waals surface area contributed by atoms with Crippen molar-refractivity contribution in [1.29, 1.82) is 0 Å². The monoisotopic (exact) mass is 420 g/mol. The summed E-state index contributed by atoms with van der Waals surface area (Å²) in [6.07, 6.45) is 0. The van der Waals surface area contributed by atoms with Crippen molar-refractivity contribution in [3.05, 3.63) is 79.9 Å². The quantitative estimate of drug-likeness (QED) is 0.364. The molecule has 11 heteroatoms. The smallest absolute Gasteiger partial charge is 0.545 e. The molecule has 0 aliphatic carbocycles. The van der Waals surface area contributed by atoms with Gasteiger partial charge in [0.05, 0.1) is 32.9 Å². The molecule has 0 spiro atoms. The van der Waals surface area contributed by atoms with Crippen LogP contribution >= 0.6 is 0 Å². The first kappa shape index (κ1) is 22.7. The largest absolute Gasteiger partial charge is 2.00 e. The molecule has 0 bridgehead atoms. The second-order valence-corrected chi connectivity index (χ2v) is 4.12. The van der Waals surface area contributed by atoms with Gasteiger partial charge in [-0.1, -0.05) is 24.3 Å².